The fourth-order valence-electron chi connectivity index (χ4n) is 2.49. The lowest BCUT2D eigenvalue weighted by molar-refractivity contribution is -0.215. The van der Waals surface area contributed by atoms with Gasteiger partial charge < -0.3 is 29.3 Å². The highest BCUT2D eigenvalue weighted by molar-refractivity contribution is 6.74. The zero-order valence-corrected chi connectivity index (χ0v) is 20.1. The van der Waals surface area contributed by atoms with Crippen LogP contribution in [0.1, 0.15) is 41.5 Å². The molecule has 0 aromatic heterocycles. The Morgan fingerprint density at radius 2 is 0.769 bits per heavy atom. The molecule has 6 nitrogen and oxygen atoms in total. The molecule has 0 bridgehead atoms. The second kappa shape index (κ2) is 7.55. The lowest BCUT2D eigenvalue weighted by Crippen LogP contribution is -2.69. The number of rotatable bonds is 4. The van der Waals surface area contributed by atoms with Gasteiger partial charge in [0.1, 0.15) is 36.6 Å². The summed E-state index contributed by atoms with van der Waals surface area (Å²) in [7, 11) is -4.61. The van der Waals surface area contributed by atoms with Crippen LogP contribution in [0.25, 0.3) is 0 Å². The molecule has 0 amide bonds. The molecule has 1 saturated carbocycles. The van der Waals surface area contributed by atoms with Crippen LogP contribution >= 0.6 is 0 Å². The van der Waals surface area contributed by atoms with E-state index < -0.39 is 53.3 Å². The van der Waals surface area contributed by atoms with E-state index in [1.54, 1.807) is 0 Å². The van der Waals surface area contributed by atoms with Crippen LogP contribution in [0.2, 0.25) is 36.3 Å². The predicted octanol–water partition coefficient (Wildman–Crippen LogP) is 2.22. The Labute approximate surface area is 160 Å². The van der Waals surface area contributed by atoms with E-state index in [4.69, 9.17) is 8.85 Å². The maximum absolute atomic E-state index is 10.6. The van der Waals surface area contributed by atoms with Crippen LogP contribution < -0.4 is 0 Å². The van der Waals surface area contributed by atoms with E-state index in [9.17, 15) is 20.4 Å². The number of hydrogen-bond acceptors (Lipinski definition) is 6. The maximum atomic E-state index is 10.6. The van der Waals surface area contributed by atoms with Crippen LogP contribution in [0.15, 0.2) is 0 Å². The van der Waals surface area contributed by atoms with Gasteiger partial charge in [0.05, 0.1) is 0 Å². The van der Waals surface area contributed by atoms with Gasteiger partial charge >= 0.3 is 0 Å². The highest BCUT2D eigenvalue weighted by atomic mass is 28.4. The molecule has 0 aromatic rings. The SMILES string of the molecule is CC(C)(C)[Si](C)(C)O[C@@H]1[C@H](O)[C@H](O)[C@@H](O)[C@H](O)[C@H]1O[Si](C)(C)C(C)(C)C. The fraction of sp³-hybridized carbons (Fsp3) is 1.00. The highest BCUT2D eigenvalue weighted by Gasteiger charge is 2.55. The van der Waals surface area contributed by atoms with Crippen LogP contribution in [0.3, 0.4) is 0 Å². The number of hydrogen-bond donors (Lipinski definition) is 4. The van der Waals surface area contributed by atoms with E-state index in [1.165, 1.54) is 0 Å². The molecule has 1 rings (SSSR count). The molecule has 6 atom stereocenters. The summed E-state index contributed by atoms with van der Waals surface area (Å²) in [4.78, 5) is 0. The van der Waals surface area contributed by atoms with Crippen LogP contribution in [0.5, 0.6) is 0 Å². The zero-order chi connectivity index (χ0) is 20.9. The Morgan fingerprint density at radius 3 is 0.962 bits per heavy atom. The first-order valence-electron chi connectivity index (χ1n) is 9.41. The molecule has 0 unspecified atom stereocenters. The summed E-state index contributed by atoms with van der Waals surface area (Å²) < 4.78 is 12.7. The molecule has 156 valence electrons. The molecule has 0 saturated heterocycles. The zero-order valence-electron chi connectivity index (χ0n) is 18.1. The first kappa shape index (κ1) is 24.2. The number of aliphatic hydroxyl groups is 4. The van der Waals surface area contributed by atoms with E-state index in [0.29, 0.717) is 0 Å². The molecule has 0 radical (unpaired) electrons. The third-order valence-electron chi connectivity index (χ3n) is 6.52. The van der Waals surface area contributed by atoms with Crippen LogP contribution in [-0.2, 0) is 8.85 Å². The predicted molar refractivity (Wildman–Crippen MR) is 108 cm³/mol. The van der Waals surface area contributed by atoms with Gasteiger partial charge in [-0.2, -0.15) is 0 Å². The molecule has 1 fully saturated rings. The van der Waals surface area contributed by atoms with E-state index >= 15 is 0 Å². The van der Waals surface area contributed by atoms with Crippen LogP contribution in [-0.4, -0.2) is 73.7 Å². The summed E-state index contributed by atoms with van der Waals surface area (Å²) in [5, 5.41) is 41.4. The lowest BCUT2D eigenvalue weighted by atomic mass is 9.85. The molecule has 26 heavy (non-hydrogen) atoms. The molecule has 0 aromatic carbocycles. The summed E-state index contributed by atoms with van der Waals surface area (Å²) in [6.07, 6.45) is -7.37. The summed E-state index contributed by atoms with van der Waals surface area (Å²) >= 11 is 0. The van der Waals surface area contributed by atoms with Gasteiger partial charge in [-0.25, -0.2) is 0 Å². The molecule has 1 aliphatic carbocycles. The van der Waals surface area contributed by atoms with Gasteiger partial charge in [-0.1, -0.05) is 41.5 Å². The summed E-state index contributed by atoms with van der Waals surface area (Å²) in [5.41, 5.74) is 0. The maximum Gasteiger partial charge on any atom is 0.192 e. The molecule has 0 heterocycles. The first-order chi connectivity index (χ1) is 11.3. The van der Waals surface area contributed by atoms with E-state index in [1.807, 2.05) is 26.2 Å². The van der Waals surface area contributed by atoms with Gasteiger partial charge in [-0.3, -0.25) is 0 Å². The normalized spacial score (nSPS) is 34.8. The third-order valence-corrected chi connectivity index (χ3v) is 15.5. The van der Waals surface area contributed by atoms with E-state index in [0.717, 1.165) is 0 Å². The van der Waals surface area contributed by atoms with Crippen LogP contribution in [0, 0.1) is 0 Å². The van der Waals surface area contributed by atoms with Gasteiger partial charge in [0.25, 0.3) is 0 Å². The van der Waals surface area contributed by atoms with Crippen molar-refractivity contribution < 1.29 is 29.3 Å². The summed E-state index contributed by atoms with van der Waals surface area (Å²) in [6.45, 7) is 20.7. The van der Waals surface area contributed by atoms with Gasteiger partial charge in [-0.15, -0.1) is 0 Å². The molecule has 1 aliphatic rings. The lowest BCUT2D eigenvalue weighted by Gasteiger charge is -2.51. The Kier molecular flexibility index (Phi) is 7.04. The van der Waals surface area contributed by atoms with Gasteiger partial charge in [0.2, 0.25) is 0 Å². The largest absolute Gasteiger partial charge is 0.408 e. The van der Waals surface area contributed by atoms with Crippen molar-refractivity contribution in [2.75, 3.05) is 0 Å². The molecule has 0 spiro atoms. The van der Waals surface area contributed by atoms with Crippen molar-refractivity contribution in [1.82, 2.24) is 0 Å². The van der Waals surface area contributed by atoms with Crippen molar-refractivity contribution in [3.63, 3.8) is 0 Å². The standard InChI is InChI=1S/C18H40O6Si2/c1-17(2,3)25(7,8)23-15-13(21)11(19)12(20)14(22)16(15)24-26(9,10)18(4,5)6/h11-16,19-22H,1-10H3/t11-,12-,13-,14+,15-,16-/m1/s1. The van der Waals surface area contributed by atoms with Crippen molar-refractivity contribution in [3.05, 3.63) is 0 Å². The van der Waals surface area contributed by atoms with Gasteiger partial charge in [0, 0.05) is 0 Å². The minimum absolute atomic E-state index is 0.111. The van der Waals surface area contributed by atoms with Crippen molar-refractivity contribution >= 4 is 16.6 Å². The molecular formula is C18H40O6Si2. The third kappa shape index (κ3) is 4.78. The van der Waals surface area contributed by atoms with Crippen molar-refractivity contribution in [3.8, 4) is 0 Å². The minimum atomic E-state index is -2.31. The molecule has 4 N–H and O–H groups in total. The molecule has 8 heteroatoms. The Bertz CT molecular complexity index is 439. The smallest absolute Gasteiger partial charge is 0.192 e. The molecular weight excluding hydrogens is 368 g/mol. The van der Waals surface area contributed by atoms with Crippen molar-refractivity contribution in [2.45, 2.75) is 114 Å². The Morgan fingerprint density at radius 1 is 0.538 bits per heavy atom. The second-order valence-electron chi connectivity index (χ2n) is 10.6. The molecule has 0 aliphatic heterocycles. The van der Waals surface area contributed by atoms with Crippen molar-refractivity contribution in [1.29, 1.82) is 0 Å². The Hall–Kier alpha value is 0.194. The summed E-state index contributed by atoms with van der Waals surface area (Å²) in [6, 6.07) is 0. The van der Waals surface area contributed by atoms with Gasteiger partial charge in [0.15, 0.2) is 16.6 Å². The van der Waals surface area contributed by atoms with E-state index in [2.05, 4.69) is 41.5 Å². The topological polar surface area (TPSA) is 99.4 Å². The van der Waals surface area contributed by atoms with Crippen molar-refractivity contribution in [2.24, 2.45) is 0 Å². The highest BCUT2D eigenvalue weighted by Crippen LogP contribution is 2.43. The monoisotopic (exact) mass is 408 g/mol. The fourth-order valence-corrected chi connectivity index (χ4v) is 5.10. The first-order valence-corrected chi connectivity index (χ1v) is 15.2. The Balaban J connectivity index is 3.26. The minimum Gasteiger partial charge on any atom is -0.408 e. The quantitative estimate of drug-likeness (QED) is 0.532. The number of aliphatic hydroxyl groups excluding tert-OH is 4. The average Bonchev–Trinajstić information content (AvgIpc) is 2.44. The average molecular weight is 409 g/mol. The van der Waals surface area contributed by atoms with E-state index in [-0.39, 0.29) is 10.1 Å². The second-order valence-corrected chi connectivity index (χ2v) is 20.2. The van der Waals surface area contributed by atoms with Gasteiger partial charge in [-0.05, 0) is 36.3 Å². The summed E-state index contributed by atoms with van der Waals surface area (Å²) in [5.74, 6) is 0. The van der Waals surface area contributed by atoms with Crippen LogP contribution in [0.4, 0.5) is 0 Å².